The van der Waals surface area contributed by atoms with E-state index < -0.39 is 0 Å². The largest absolute Gasteiger partial charge is 0.396 e. The van der Waals surface area contributed by atoms with Crippen LogP contribution in [0.5, 0.6) is 0 Å². The van der Waals surface area contributed by atoms with Crippen molar-refractivity contribution in [3.05, 3.63) is 48.0 Å². The molecule has 102 valence electrons. The Kier molecular flexibility index (Phi) is 4.98. The number of hydrogen-bond acceptors (Lipinski definition) is 2. The van der Waals surface area contributed by atoms with Crippen LogP contribution in [0.3, 0.4) is 0 Å². The fourth-order valence-corrected chi connectivity index (χ4v) is 2.26. The van der Waals surface area contributed by atoms with E-state index in [0.717, 1.165) is 18.4 Å². The lowest BCUT2D eigenvalue weighted by Crippen LogP contribution is -2.42. The van der Waals surface area contributed by atoms with Gasteiger partial charge in [-0.15, -0.1) is 0 Å². The molecule has 0 aromatic heterocycles. The molecule has 19 heavy (non-hydrogen) atoms. The number of aliphatic hydroxyl groups excluding tert-OH is 1. The molecular weight excluding hydrogens is 240 g/mol. The maximum absolute atomic E-state index is 11.9. The summed E-state index contributed by atoms with van der Waals surface area (Å²) >= 11 is 0. The highest BCUT2D eigenvalue weighted by molar-refractivity contribution is 5.74. The third-order valence-corrected chi connectivity index (χ3v) is 3.27. The summed E-state index contributed by atoms with van der Waals surface area (Å²) in [6.45, 7) is 0.0465. The van der Waals surface area contributed by atoms with Gasteiger partial charge in [0.2, 0.25) is 0 Å². The van der Waals surface area contributed by atoms with Crippen molar-refractivity contribution in [2.45, 2.75) is 31.3 Å². The van der Waals surface area contributed by atoms with Crippen LogP contribution < -0.4 is 10.6 Å². The van der Waals surface area contributed by atoms with Crippen molar-refractivity contribution in [1.82, 2.24) is 10.6 Å². The van der Waals surface area contributed by atoms with Gasteiger partial charge >= 0.3 is 6.03 Å². The topological polar surface area (TPSA) is 61.4 Å². The smallest absolute Gasteiger partial charge is 0.315 e. The highest BCUT2D eigenvalue weighted by Crippen LogP contribution is 2.16. The Balaban J connectivity index is 1.90. The molecule has 0 fully saturated rings. The van der Waals surface area contributed by atoms with E-state index in [-0.39, 0.29) is 24.7 Å². The fraction of sp³-hybridized carbons (Fsp3) is 0.400. The zero-order valence-corrected chi connectivity index (χ0v) is 10.9. The van der Waals surface area contributed by atoms with E-state index in [1.54, 1.807) is 0 Å². The number of benzene rings is 1. The molecule has 1 atom stereocenters. The van der Waals surface area contributed by atoms with Gasteiger partial charge in [-0.05, 0) is 24.8 Å². The predicted molar refractivity (Wildman–Crippen MR) is 74.7 cm³/mol. The van der Waals surface area contributed by atoms with Crippen molar-refractivity contribution in [1.29, 1.82) is 0 Å². The Morgan fingerprint density at radius 3 is 2.58 bits per heavy atom. The molecule has 3 N–H and O–H groups in total. The van der Waals surface area contributed by atoms with E-state index >= 15 is 0 Å². The first-order chi connectivity index (χ1) is 9.29. The number of amides is 2. The summed E-state index contributed by atoms with van der Waals surface area (Å²) in [4.78, 5) is 11.9. The number of urea groups is 1. The van der Waals surface area contributed by atoms with Gasteiger partial charge in [0.05, 0.1) is 6.04 Å². The molecule has 1 aliphatic rings. The maximum atomic E-state index is 11.9. The van der Waals surface area contributed by atoms with Crippen molar-refractivity contribution >= 4 is 6.03 Å². The summed E-state index contributed by atoms with van der Waals surface area (Å²) in [6, 6.07) is 9.58. The number of aliphatic hydroxyl groups is 1. The highest BCUT2D eigenvalue weighted by Gasteiger charge is 2.17. The second kappa shape index (κ2) is 6.95. The molecule has 1 aliphatic carbocycles. The normalized spacial score (nSPS) is 16.3. The average Bonchev–Trinajstić information content (AvgIpc) is 2.92. The van der Waals surface area contributed by atoms with Crippen molar-refractivity contribution in [2.24, 2.45) is 0 Å². The van der Waals surface area contributed by atoms with E-state index in [4.69, 9.17) is 5.11 Å². The minimum Gasteiger partial charge on any atom is -0.396 e. The monoisotopic (exact) mass is 260 g/mol. The van der Waals surface area contributed by atoms with Gasteiger partial charge in [0, 0.05) is 12.6 Å². The molecule has 1 aromatic rings. The molecular formula is C15H20N2O2. The van der Waals surface area contributed by atoms with Crippen LogP contribution in [0.15, 0.2) is 42.5 Å². The van der Waals surface area contributed by atoms with Crippen molar-refractivity contribution in [3.8, 4) is 0 Å². The van der Waals surface area contributed by atoms with E-state index in [0.29, 0.717) is 6.42 Å². The first-order valence-electron chi connectivity index (χ1n) is 6.67. The summed E-state index contributed by atoms with van der Waals surface area (Å²) in [7, 11) is 0. The molecule has 0 unspecified atom stereocenters. The van der Waals surface area contributed by atoms with E-state index in [1.807, 2.05) is 30.3 Å². The minimum absolute atomic E-state index is 0.0465. The van der Waals surface area contributed by atoms with Crippen LogP contribution in [0.25, 0.3) is 0 Å². The Morgan fingerprint density at radius 2 is 1.95 bits per heavy atom. The Bertz CT molecular complexity index is 423. The van der Waals surface area contributed by atoms with Gasteiger partial charge in [-0.3, -0.25) is 0 Å². The Hall–Kier alpha value is -1.81. The van der Waals surface area contributed by atoms with Crippen LogP contribution in [-0.4, -0.2) is 23.8 Å². The quantitative estimate of drug-likeness (QED) is 0.710. The first kappa shape index (κ1) is 13.6. The van der Waals surface area contributed by atoms with Gasteiger partial charge in [-0.1, -0.05) is 42.5 Å². The third-order valence-electron chi connectivity index (χ3n) is 3.27. The number of carbonyl (C=O) groups excluding carboxylic acids is 1. The van der Waals surface area contributed by atoms with Gasteiger partial charge in [0.1, 0.15) is 0 Å². The van der Waals surface area contributed by atoms with Crippen molar-refractivity contribution in [3.63, 3.8) is 0 Å². The van der Waals surface area contributed by atoms with E-state index in [2.05, 4.69) is 22.8 Å². The van der Waals surface area contributed by atoms with Crippen molar-refractivity contribution in [2.75, 3.05) is 6.61 Å². The molecule has 0 spiro atoms. The molecule has 0 bridgehead atoms. The van der Waals surface area contributed by atoms with Crippen LogP contribution in [-0.2, 0) is 0 Å². The Morgan fingerprint density at radius 1 is 1.26 bits per heavy atom. The number of hydrogen-bond donors (Lipinski definition) is 3. The fourth-order valence-electron chi connectivity index (χ4n) is 2.26. The summed E-state index contributed by atoms with van der Waals surface area (Å²) in [5, 5.41) is 15.0. The lowest BCUT2D eigenvalue weighted by Gasteiger charge is -2.20. The zero-order valence-electron chi connectivity index (χ0n) is 10.9. The molecule has 0 saturated carbocycles. The zero-order chi connectivity index (χ0) is 13.5. The number of carbonyl (C=O) groups is 1. The van der Waals surface area contributed by atoms with Gasteiger partial charge in [0.15, 0.2) is 0 Å². The molecule has 0 saturated heterocycles. The lowest BCUT2D eigenvalue weighted by molar-refractivity contribution is 0.226. The van der Waals surface area contributed by atoms with Crippen LogP contribution in [0.4, 0.5) is 4.79 Å². The molecule has 2 amide bonds. The van der Waals surface area contributed by atoms with E-state index in [1.165, 1.54) is 0 Å². The van der Waals surface area contributed by atoms with Gasteiger partial charge < -0.3 is 15.7 Å². The SMILES string of the molecule is O=C(NC1CC=CC1)N[C@H](CCO)c1ccccc1. The molecule has 0 heterocycles. The summed E-state index contributed by atoms with van der Waals surface area (Å²) in [5.74, 6) is 0. The van der Waals surface area contributed by atoms with Gasteiger partial charge in [0.25, 0.3) is 0 Å². The molecule has 0 radical (unpaired) electrons. The second-order valence-electron chi connectivity index (χ2n) is 4.73. The maximum Gasteiger partial charge on any atom is 0.315 e. The minimum atomic E-state index is -0.170. The third kappa shape index (κ3) is 4.10. The molecule has 0 aliphatic heterocycles. The number of nitrogens with one attached hydrogen (secondary N) is 2. The molecule has 2 rings (SSSR count). The first-order valence-corrected chi connectivity index (χ1v) is 6.67. The summed E-state index contributed by atoms with van der Waals surface area (Å²) in [6.07, 6.45) is 6.45. The second-order valence-corrected chi connectivity index (χ2v) is 4.73. The van der Waals surface area contributed by atoms with Crippen LogP contribution in [0.2, 0.25) is 0 Å². The van der Waals surface area contributed by atoms with E-state index in [9.17, 15) is 4.79 Å². The lowest BCUT2D eigenvalue weighted by atomic mass is 10.0. The van der Waals surface area contributed by atoms with Crippen molar-refractivity contribution < 1.29 is 9.90 Å². The predicted octanol–water partition coefficient (Wildman–Crippen LogP) is 2.13. The van der Waals surface area contributed by atoms with Crippen LogP contribution >= 0.6 is 0 Å². The molecule has 4 nitrogen and oxygen atoms in total. The Labute approximate surface area is 113 Å². The van der Waals surface area contributed by atoms with Gasteiger partial charge in [-0.25, -0.2) is 4.79 Å². The van der Waals surface area contributed by atoms with Crippen LogP contribution in [0.1, 0.15) is 30.9 Å². The summed E-state index contributed by atoms with van der Waals surface area (Å²) in [5.41, 5.74) is 1.01. The summed E-state index contributed by atoms with van der Waals surface area (Å²) < 4.78 is 0. The number of rotatable bonds is 5. The standard InChI is InChI=1S/C15H20N2O2/c18-11-10-14(12-6-2-1-3-7-12)17-15(19)16-13-8-4-5-9-13/h1-7,13-14,18H,8-11H2,(H2,16,17,19)/t14-/m1/s1. The molecule has 4 heteroatoms. The highest BCUT2D eigenvalue weighted by atomic mass is 16.3. The van der Waals surface area contributed by atoms with Crippen LogP contribution in [0, 0.1) is 0 Å². The van der Waals surface area contributed by atoms with Gasteiger partial charge in [-0.2, -0.15) is 0 Å². The molecule has 1 aromatic carbocycles. The average molecular weight is 260 g/mol.